The molecule has 0 aliphatic rings. The molecule has 0 radical (unpaired) electrons. The van der Waals surface area contributed by atoms with Gasteiger partial charge in [-0.05, 0) is 27.1 Å². The van der Waals surface area contributed by atoms with E-state index in [4.69, 9.17) is 0 Å². The molecule has 1 aromatic heterocycles. The Bertz CT molecular complexity index is 603. The zero-order valence-corrected chi connectivity index (χ0v) is 12.2. The molecular weight excluding hydrogens is 278 g/mol. The average molecular weight is 296 g/mol. The number of rotatable bonds is 5. The maximum Gasteiger partial charge on any atom is 0.137 e. The number of nitrogens with zero attached hydrogens (tertiary/aromatic N) is 4. The third-order valence-electron chi connectivity index (χ3n) is 3.73. The van der Waals surface area contributed by atoms with Crippen LogP contribution in [0.2, 0.25) is 0 Å². The van der Waals surface area contributed by atoms with Gasteiger partial charge in [0.05, 0.1) is 6.54 Å². The van der Waals surface area contributed by atoms with Gasteiger partial charge in [-0.1, -0.05) is 6.07 Å². The smallest absolute Gasteiger partial charge is 0.137 e. The summed E-state index contributed by atoms with van der Waals surface area (Å²) < 4.78 is 28.7. The van der Waals surface area contributed by atoms with Crippen LogP contribution in [0.4, 0.5) is 8.78 Å². The summed E-state index contributed by atoms with van der Waals surface area (Å²) in [6.45, 7) is 1.77. The van der Waals surface area contributed by atoms with Crippen molar-refractivity contribution in [3.63, 3.8) is 0 Å². The quantitative estimate of drug-likeness (QED) is 0.906. The highest BCUT2D eigenvalue weighted by molar-refractivity contribution is 5.27. The first kappa shape index (κ1) is 15.5. The summed E-state index contributed by atoms with van der Waals surface area (Å²) in [6, 6.07) is 2.74. The van der Waals surface area contributed by atoms with E-state index >= 15 is 0 Å². The molecule has 2 unspecified atom stereocenters. The van der Waals surface area contributed by atoms with Crippen molar-refractivity contribution < 1.29 is 13.9 Å². The first-order valence-electron chi connectivity index (χ1n) is 6.51. The van der Waals surface area contributed by atoms with Crippen molar-refractivity contribution in [2.45, 2.75) is 25.1 Å². The highest BCUT2D eigenvalue weighted by atomic mass is 19.1. The van der Waals surface area contributed by atoms with Gasteiger partial charge < -0.3 is 10.0 Å². The standard InChI is InChI=1S/C14H18F2N4O/c1-10(19(2)3)14(21,7-20-9-17-8-18-20)12-5-4-11(15)6-13(12)16/h4-6,8-10,21H,7H2,1-3H3. The van der Waals surface area contributed by atoms with Gasteiger partial charge in [0, 0.05) is 17.7 Å². The Morgan fingerprint density at radius 1 is 1.38 bits per heavy atom. The van der Waals surface area contributed by atoms with Crippen LogP contribution in [-0.4, -0.2) is 44.9 Å². The summed E-state index contributed by atoms with van der Waals surface area (Å²) in [7, 11) is 3.55. The maximum atomic E-state index is 14.1. The fourth-order valence-electron chi connectivity index (χ4n) is 2.27. The van der Waals surface area contributed by atoms with Crippen LogP contribution in [0.25, 0.3) is 0 Å². The third-order valence-corrected chi connectivity index (χ3v) is 3.73. The van der Waals surface area contributed by atoms with Crippen molar-refractivity contribution in [3.05, 3.63) is 48.1 Å². The number of aromatic nitrogens is 3. The summed E-state index contributed by atoms with van der Waals surface area (Å²) in [4.78, 5) is 5.58. The zero-order valence-electron chi connectivity index (χ0n) is 12.2. The number of hydrogen-bond donors (Lipinski definition) is 1. The van der Waals surface area contributed by atoms with E-state index in [2.05, 4.69) is 10.1 Å². The minimum Gasteiger partial charge on any atom is -0.381 e. The Balaban J connectivity index is 2.49. The van der Waals surface area contributed by atoms with Gasteiger partial charge in [0.25, 0.3) is 0 Å². The van der Waals surface area contributed by atoms with Crippen molar-refractivity contribution in [2.24, 2.45) is 0 Å². The summed E-state index contributed by atoms with van der Waals surface area (Å²) >= 11 is 0. The molecule has 7 heteroatoms. The van der Waals surface area contributed by atoms with Gasteiger partial charge in [-0.2, -0.15) is 5.10 Å². The number of benzene rings is 1. The number of aliphatic hydroxyl groups is 1. The fourth-order valence-corrected chi connectivity index (χ4v) is 2.27. The molecule has 0 aliphatic carbocycles. The molecule has 5 nitrogen and oxygen atoms in total. The number of likely N-dealkylation sites (N-methyl/N-ethyl adjacent to an activating group) is 1. The van der Waals surface area contributed by atoms with Gasteiger partial charge in [0.2, 0.25) is 0 Å². The average Bonchev–Trinajstić information content (AvgIpc) is 2.89. The minimum absolute atomic E-state index is 0.00883. The van der Waals surface area contributed by atoms with Gasteiger partial charge in [-0.25, -0.2) is 18.4 Å². The van der Waals surface area contributed by atoms with Gasteiger partial charge in [0.1, 0.15) is 29.9 Å². The van der Waals surface area contributed by atoms with Crippen LogP contribution in [0.15, 0.2) is 30.9 Å². The predicted octanol–water partition coefficient (Wildman–Crippen LogP) is 1.39. The normalized spacial score (nSPS) is 16.0. The van der Waals surface area contributed by atoms with Crippen LogP contribution in [0.3, 0.4) is 0 Å². The minimum atomic E-state index is -1.57. The van der Waals surface area contributed by atoms with Crippen LogP contribution >= 0.6 is 0 Å². The number of halogens is 2. The Morgan fingerprint density at radius 3 is 2.62 bits per heavy atom. The highest BCUT2D eigenvalue weighted by Crippen LogP contribution is 2.31. The molecule has 21 heavy (non-hydrogen) atoms. The lowest BCUT2D eigenvalue weighted by Crippen LogP contribution is -2.49. The Labute approximate surface area is 121 Å². The summed E-state index contributed by atoms with van der Waals surface area (Å²) in [6.07, 6.45) is 2.77. The molecule has 0 aliphatic heterocycles. The molecule has 0 amide bonds. The molecular formula is C14H18F2N4O. The van der Waals surface area contributed by atoms with Crippen molar-refractivity contribution in [2.75, 3.05) is 14.1 Å². The van der Waals surface area contributed by atoms with Crippen LogP contribution < -0.4 is 0 Å². The first-order valence-corrected chi connectivity index (χ1v) is 6.51. The Morgan fingerprint density at radius 2 is 2.10 bits per heavy atom. The second-order valence-electron chi connectivity index (χ2n) is 5.28. The SMILES string of the molecule is CC(N(C)C)C(O)(Cn1cncn1)c1ccc(F)cc1F. The molecule has 114 valence electrons. The molecule has 0 spiro atoms. The molecule has 2 aromatic rings. The van der Waals surface area contributed by atoms with E-state index in [0.717, 1.165) is 12.1 Å². The Kier molecular flexibility index (Phi) is 4.34. The van der Waals surface area contributed by atoms with E-state index in [1.165, 1.54) is 23.4 Å². The largest absolute Gasteiger partial charge is 0.381 e. The zero-order chi connectivity index (χ0) is 15.6. The molecule has 1 heterocycles. The molecule has 1 N–H and O–H groups in total. The molecule has 0 bridgehead atoms. The van der Waals surface area contributed by atoms with E-state index in [9.17, 15) is 13.9 Å². The summed E-state index contributed by atoms with van der Waals surface area (Å²) in [5, 5.41) is 15.0. The van der Waals surface area contributed by atoms with Crippen molar-refractivity contribution in [3.8, 4) is 0 Å². The van der Waals surface area contributed by atoms with Gasteiger partial charge in [-0.3, -0.25) is 0 Å². The van der Waals surface area contributed by atoms with Crippen molar-refractivity contribution in [1.29, 1.82) is 0 Å². The second kappa shape index (κ2) is 5.87. The lowest BCUT2D eigenvalue weighted by molar-refractivity contribution is -0.0507. The monoisotopic (exact) mass is 296 g/mol. The molecule has 2 rings (SSSR count). The van der Waals surface area contributed by atoms with Crippen LogP contribution in [0.5, 0.6) is 0 Å². The van der Waals surface area contributed by atoms with Gasteiger partial charge in [-0.15, -0.1) is 0 Å². The van der Waals surface area contributed by atoms with Crippen molar-refractivity contribution in [1.82, 2.24) is 19.7 Å². The van der Waals surface area contributed by atoms with E-state index < -0.39 is 23.3 Å². The molecule has 0 fully saturated rings. The predicted molar refractivity (Wildman–Crippen MR) is 73.4 cm³/mol. The molecule has 2 atom stereocenters. The van der Waals surface area contributed by atoms with E-state index in [-0.39, 0.29) is 12.1 Å². The summed E-state index contributed by atoms with van der Waals surface area (Å²) in [5.74, 6) is -1.47. The van der Waals surface area contributed by atoms with E-state index in [1.54, 1.807) is 25.9 Å². The third kappa shape index (κ3) is 3.08. The van der Waals surface area contributed by atoms with Crippen LogP contribution in [0, 0.1) is 11.6 Å². The topological polar surface area (TPSA) is 54.2 Å². The lowest BCUT2D eigenvalue weighted by atomic mass is 9.86. The number of hydrogen-bond acceptors (Lipinski definition) is 4. The Hall–Kier alpha value is -1.86. The summed E-state index contributed by atoms with van der Waals surface area (Å²) in [5.41, 5.74) is -1.55. The highest BCUT2D eigenvalue weighted by Gasteiger charge is 2.40. The van der Waals surface area contributed by atoms with Crippen LogP contribution in [0.1, 0.15) is 12.5 Å². The van der Waals surface area contributed by atoms with Crippen molar-refractivity contribution >= 4 is 0 Å². The second-order valence-corrected chi connectivity index (χ2v) is 5.28. The maximum absolute atomic E-state index is 14.1. The van der Waals surface area contributed by atoms with Gasteiger partial charge in [0.15, 0.2) is 0 Å². The van der Waals surface area contributed by atoms with E-state index in [1.807, 2.05) is 0 Å². The van der Waals surface area contributed by atoms with E-state index in [0.29, 0.717) is 0 Å². The molecule has 0 saturated heterocycles. The van der Waals surface area contributed by atoms with Crippen LogP contribution in [-0.2, 0) is 12.1 Å². The first-order chi connectivity index (χ1) is 9.84. The van der Waals surface area contributed by atoms with Gasteiger partial charge >= 0.3 is 0 Å². The lowest BCUT2D eigenvalue weighted by Gasteiger charge is -2.38. The molecule has 1 aromatic carbocycles. The molecule has 0 saturated carbocycles. The fraction of sp³-hybridized carbons (Fsp3) is 0.429.